The lowest BCUT2D eigenvalue weighted by Gasteiger charge is -2.16. The van der Waals surface area contributed by atoms with Gasteiger partial charge in [0.1, 0.15) is 0 Å². The average Bonchev–Trinajstić information content (AvgIpc) is 3.09. The molecule has 1 aliphatic heterocycles. The van der Waals surface area contributed by atoms with Gasteiger partial charge in [0.25, 0.3) is 0 Å². The van der Waals surface area contributed by atoms with Crippen molar-refractivity contribution in [2.24, 2.45) is 7.05 Å². The van der Waals surface area contributed by atoms with Gasteiger partial charge in [-0.25, -0.2) is 0 Å². The van der Waals surface area contributed by atoms with Crippen LogP contribution in [0.15, 0.2) is 18.3 Å². The molecule has 1 unspecified atom stereocenters. The van der Waals surface area contributed by atoms with Crippen LogP contribution in [-0.2, 0) is 13.6 Å². The smallest absolute Gasteiger partial charge is 0.0537 e. The van der Waals surface area contributed by atoms with E-state index in [-0.39, 0.29) is 0 Å². The number of pyridine rings is 1. The lowest BCUT2D eigenvalue weighted by Crippen LogP contribution is -2.20. The van der Waals surface area contributed by atoms with E-state index in [1.54, 1.807) is 0 Å². The van der Waals surface area contributed by atoms with Gasteiger partial charge in [0.15, 0.2) is 0 Å². The van der Waals surface area contributed by atoms with Crippen molar-refractivity contribution < 1.29 is 0 Å². The van der Waals surface area contributed by atoms with Gasteiger partial charge in [-0.1, -0.05) is 0 Å². The fourth-order valence-corrected chi connectivity index (χ4v) is 3.21. The molecule has 0 bridgehead atoms. The Morgan fingerprint density at radius 1 is 1.32 bits per heavy atom. The van der Waals surface area contributed by atoms with Crippen LogP contribution < -0.4 is 5.32 Å². The van der Waals surface area contributed by atoms with Gasteiger partial charge in [-0.2, -0.15) is 5.10 Å². The fraction of sp³-hybridized carbons (Fsp3) is 0.529. The second-order valence-electron chi connectivity index (χ2n) is 6.27. The molecule has 0 amide bonds. The summed E-state index contributed by atoms with van der Waals surface area (Å²) in [6.45, 7) is 7.39. The number of anilines is 1. The zero-order valence-electron chi connectivity index (χ0n) is 13.9. The van der Waals surface area contributed by atoms with Crippen molar-refractivity contribution in [3.05, 3.63) is 41.0 Å². The lowest BCUT2D eigenvalue weighted by molar-refractivity contribution is 0.325. The largest absolute Gasteiger partial charge is 0.388 e. The van der Waals surface area contributed by atoms with Gasteiger partial charge in [-0.15, -0.1) is 0 Å². The number of nitrogens with one attached hydrogen (secondary N) is 1. The number of rotatable bonds is 4. The van der Waals surface area contributed by atoms with Gasteiger partial charge in [-0.3, -0.25) is 14.6 Å². The van der Waals surface area contributed by atoms with E-state index in [9.17, 15) is 0 Å². The van der Waals surface area contributed by atoms with Gasteiger partial charge >= 0.3 is 0 Å². The van der Waals surface area contributed by atoms with E-state index in [1.807, 2.05) is 25.0 Å². The van der Waals surface area contributed by atoms with Crippen molar-refractivity contribution in [2.45, 2.75) is 32.7 Å². The van der Waals surface area contributed by atoms with E-state index < -0.39 is 0 Å². The van der Waals surface area contributed by atoms with E-state index >= 15 is 0 Å². The Kier molecular flexibility index (Phi) is 4.16. The van der Waals surface area contributed by atoms with Gasteiger partial charge in [0, 0.05) is 61.4 Å². The van der Waals surface area contributed by atoms with Crippen LogP contribution in [0.4, 0.5) is 5.69 Å². The van der Waals surface area contributed by atoms with Crippen molar-refractivity contribution in [2.75, 3.05) is 25.5 Å². The lowest BCUT2D eigenvalue weighted by atomic mass is 10.0. The van der Waals surface area contributed by atoms with Crippen molar-refractivity contribution in [3.63, 3.8) is 0 Å². The first-order valence-corrected chi connectivity index (χ1v) is 7.93. The van der Waals surface area contributed by atoms with Crippen LogP contribution in [0.25, 0.3) is 0 Å². The van der Waals surface area contributed by atoms with Crippen molar-refractivity contribution >= 4 is 5.69 Å². The average molecular weight is 299 g/mol. The molecule has 2 aromatic heterocycles. The summed E-state index contributed by atoms with van der Waals surface area (Å²) in [4.78, 5) is 7.26. The zero-order valence-corrected chi connectivity index (χ0v) is 13.9. The van der Waals surface area contributed by atoms with Crippen LogP contribution in [0.1, 0.15) is 35.0 Å². The second kappa shape index (κ2) is 6.08. The monoisotopic (exact) mass is 299 g/mol. The first-order valence-electron chi connectivity index (χ1n) is 7.93. The van der Waals surface area contributed by atoms with Crippen molar-refractivity contribution in [1.82, 2.24) is 19.7 Å². The highest BCUT2D eigenvalue weighted by Gasteiger charge is 2.26. The van der Waals surface area contributed by atoms with Crippen molar-refractivity contribution in [1.29, 1.82) is 0 Å². The zero-order chi connectivity index (χ0) is 15.7. The van der Waals surface area contributed by atoms with Gasteiger partial charge in [0.05, 0.1) is 6.20 Å². The maximum absolute atomic E-state index is 4.74. The topological polar surface area (TPSA) is 46.0 Å². The Hall–Kier alpha value is -1.88. The normalized spacial score (nSPS) is 18.8. The van der Waals surface area contributed by atoms with Gasteiger partial charge < -0.3 is 5.32 Å². The number of nitrogens with zero attached hydrogens (tertiary/aromatic N) is 4. The molecule has 0 spiro atoms. The maximum atomic E-state index is 4.74. The number of hydrogen-bond acceptors (Lipinski definition) is 4. The van der Waals surface area contributed by atoms with Crippen LogP contribution >= 0.6 is 0 Å². The molecule has 3 heterocycles. The fourth-order valence-electron chi connectivity index (χ4n) is 3.21. The number of aromatic nitrogens is 3. The summed E-state index contributed by atoms with van der Waals surface area (Å²) in [5.41, 5.74) is 6.05. The van der Waals surface area contributed by atoms with Gasteiger partial charge in [-0.05, 0) is 38.9 Å². The Balaban J connectivity index is 1.69. The van der Waals surface area contributed by atoms with E-state index in [1.165, 1.54) is 23.4 Å². The SMILES string of the molecule is CNc1cc(C)nc(C2CCN(Cc3cnn(C)c3C)C2)c1. The molecule has 0 radical (unpaired) electrons. The predicted molar refractivity (Wildman–Crippen MR) is 89.1 cm³/mol. The highest BCUT2D eigenvalue weighted by molar-refractivity contribution is 5.45. The van der Waals surface area contributed by atoms with E-state index in [0.717, 1.165) is 31.0 Å². The van der Waals surface area contributed by atoms with Crippen LogP contribution in [0.2, 0.25) is 0 Å². The summed E-state index contributed by atoms with van der Waals surface area (Å²) in [7, 11) is 3.96. The minimum absolute atomic E-state index is 0.531. The molecule has 1 saturated heterocycles. The Bertz CT molecular complexity index is 661. The highest BCUT2D eigenvalue weighted by atomic mass is 15.3. The predicted octanol–water partition coefficient (Wildman–Crippen LogP) is 2.46. The van der Waals surface area contributed by atoms with Crippen LogP contribution in [0.5, 0.6) is 0 Å². The molecule has 5 heteroatoms. The molecule has 22 heavy (non-hydrogen) atoms. The van der Waals surface area contributed by atoms with Crippen LogP contribution in [-0.4, -0.2) is 39.8 Å². The second-order valence-corrected chi connectivity index (χ2v) is 6.27. The molecular formula is C17H25N5. The summed E-state index contributed by atoms with van der Waals surface area (Å²) in [6.07, 6.45) is 3.17. The van der Waals surface area contributed by atoms with E-state index in [2.05, 4.69) is 41.3 Å². The van der Waals surface area contributed by atoms with Gasteiger partial charge in [0.2, 0.25) is 0 Å². The van der Waals surface area contributed by atoms with E-state index in [0.29, 0.717) is 5.92 Å². The Morgan fingerprint density at radius 2 is 2.14 bits per heavy atom. The van der Waals surface area contributed by atoms with Crippen LogP contribution in [0.3, 0.4) is 0 Å². The summed E-state index contributed by atoms with van der Waals surface area (Å²) in [5, 5.41) is 7.57. The van der Waals surface area contributed by atoms with E-state index in [4.69, 9.17) is 4.98 Å². The summed E-state index contributed by atoms with van der Waals surface area (Å²) in [5.74, 6) is 0.531. The molecule has 1 fully saturated rings. The molecule has 0 aliphatic carbocycles. The summed E-state index contributed by atoms with van der Waals surface area (Å²) >= 11 is 0. The minimum atomic E-state index is 0.531. The Morgan fingerprint density at radius 3 is 2.82 bits per heavy atom. The molecule has 5 nitrogen and oxygen atoms in total. The third-order valence-corrected chi connectivity index (χ3v) is 4.68. The summed E-state index contributed by atoms with van der Waals surface area (Å²) < 4.78 is 1.95. The molecule has 1 N–H and O–H groups in total. The quantitative estimate of drug-likeness (QED) is 0.942. The molecule has 1 atom stereocenters. The standard InChI is InChI=1S/C17H25N5/c1-12-7-16(18-3)8-17(20-12)14-5-6-22(10-14)11-15-9-19-21(4)13(15)2/h7-9,14H,5-6,10-11H2,1-4H3,(H,18,20). The highest BCUT2D eigenvalue weighted by Crippen LogP contribution is 2.29. The molecular weight excluding hydrogens is 274 g/mol. The molecule has 0 saturated carbocycles. The Labute approximate surface area is 132 Å². The first kappa shape index (κ1) is 15.0. The van der Waals surface area contributed by atoms with Crippen molar-refractivity contribution in [3.8, 4) is 0 Å². The van der Waals surface area contributed by atoms with Crippen LogP contribution in [0, 0.1) is 13.8 Å². The maximum Gasteiger partial charge on any atom is 0.0537 e. The first-order chi connectivity index (χ1) is 10.6. The number of likely N-dealkylation sites (tertiary alicyclic amines) is 1. The molecule has 118 valence electrons. The minimum Gasteiger partial charge on any atom is -0.388 e. The molecule has 2 aromatic rings. The third kappa shape index (κ3) is 2.99. The summed E-state index contributed by atoms with van der Waals surface area (Å²) in [6, 6.07) is 4.28. The number of hydrogen-bond donors (Lipinski definition) is 1. The number of aryl methyl sites for hydroxylation is 2. The third-order valence-electron chi connectivity index (χ3n) is 4.68. The molecule has 3 rings (SSSR count). The molecule has 0 aromatic carbocycles. The molecule has 1 aliphatic rings.